The van der Waals surface area contributed by atoms with E-state index in [-0.39, 0.29) is 5.91 Å². The maximum absolute atomic E-state index is 10.8. The highest BCUT2D eigenvalue weighted by Crippen LogP contribution is 2.02. The number of nitrogens with two attached hydrogens (primary N) is 1. The van der Waals surface area contributed by atoms with E-state index in [1.54, 1.807) is 19.9 Å². The molecule has 0 aromatic rings. The minimum atomic E-state index is -0.266. The number of carbonyl (C=O) groups excluding carboxylic acids is 1. The van der Waals surface area contributed by atoms with Crippen molar-refractivity contribution in [2.75, 3.05) is 0 Å². The van der Waals surface area contributed by atoms with Crippen molar-refractivity contribution in [3.05, 3.63) is 23.8 Å². The van der Waals surface area contributed by atoms with Crippen molar-refractivity contribution in [1.82, 2.24) is 5.43 Å². The van der Waals surface area contributed by atoms with Gasteiger partial charge in [-0.2, -0.15) is 0 Å². The van der Waals surface area contributed by atoms with Crippen LogP contribution in [0.2, 0.25) is 0 Å². The predicted molar refractivity (Wildman–Crippen MR) is 63.6 cm³/mol. The first-order valence-electron chi connectivity index (χ1n) is 4.94. The molecule has 14 heavy (non-hydrogen) atoms. The van der Waals surface area contributed by atoms with Gasteiger partial charge >= 0.3 is 0 Å². The van der Waals surface area contributed by atoms with E-state index in [2.05, 4.69) is 6.58 Å². The van der Waals surface area contributed by atoms with E-state index in [9.17, 15) is 4.79 Å². The Morgan fingerprint density at radius 3 is 1.79 bits per heavy atom. The molecule has 84 valence electrons. The largest absolute Gasteiger partial charge is 0.290 e. The lowest BCUT2D eigenvalue weighted by atomic mass is 10.1. The van der Waals surface area contributed by atoms with Gasteiger partial charge in [0.25, 0.3) is 5.91 Å². The molecule has 0 bridgehead atoms. The zero-order valence-corrected chi connectivity index (χ0v) is 10.3. The summed E-state index contributed by atoms with van der Waals surface area (Å²) < 4.78 is 0. The number of rotatable bonds is 2. The molecule has 0 saturated heterocycles. The van der Waals surface area contributed by atoms with Gasteiger partial charge in [-0.15, -0.1) is 0 Å². The van der Waals surface area contributed by atoms with Gasteiger partial charge in [0, 0.05) is 5.57 Å². The maximum Gasteiger partial charge on any atom is 0.261 e. The predicted octanol–water partition coefficient (Wildman–Crippen LogP) is 2.55. The second-order valence-electron chi connectivity index (χ2n) is 1.99. The summed E-state index contributed by atoms with van der Waals surface area (Å²) >= 11 is 0. The summed E-state index contributed by atoms with van der Waals surface area (Å²) in [6, 6.07) is 0. The van der Waals surface area contributed by atoms with E-state index in [0.29, 0.717) is 5.57 Å². The van der Waals surface area contributed by atoms with Crippen molar-refractivity contribution in [3.63, 3.8) is 0 Å². The van der Waals surface area contributed by atoms with Gasteiger partial charge in [-0.05, 0) is 19.4 Å². The van der Waals surface area contributed by atoms with Gasteiger partial charge in [-0.1, -0.05) is 40.3 Å². The van der Waals surface area contributed by atoms with E-state index >= 15 is 0 Å². The van der Waals surface area contributed by atoms with Crippen molar-refractivity contribution in [2.45, 2.75) is 41.5 Å². The highest BCUT2D eigenvalue weighted by molar-refractivity contribution is 5.93. The normalized spacial score (nSPS) is 9.36. The zero-order chi connectivity index (χ0) is 12.1. The third-order valence-electron chi connectivity index (χ3n) is 1.37. The molecule has 0 aromatic heterocycles. The highest BCUT2D eigenvalue weighted by atomic mass is 16.2. The van der Waals surface area contributed by atoms with Crippen LogP contribution < -0.4 is 11.3 Å². The average molecular weight is 200 g/mol. The molecule has 0 saturated carbocycles. The first-order chi connectivity index (χ1) is 6.63. The molecule has 0 unspecified atom stereocenters. The molecular formula is C11H24N2O. The van der Waals surface area contributed by atoms with Crippen molar-refractivity contribution in [1.29, 1.82) is 0 Å². The fraction of sp³-hybridized carbons (Fsp3) is 0.545. The Labute approximate surface area is 88.0 Å². The molecule has 0 aromatic carbocycles. The SMILES string of the molecule is C=CC(C)=C(C)C(=O)NN.CC.CC. The van der Waals surface area contributed by atoms with Gasteiger partial charge in [0.2, 0.25) is 0 Å². The smallest absolute Gasteiger partial charge is 0.261 e. The zero-order valence-electron chi connectivity index (χ0n) is 10.3. The summed E-state index contributed by atoms with van der Waals surface area (Å²) in [5.74, 6) is 4.63. The molecular weight excluding hydrogens is 176 g/mol. The number of hydrogen-bond acceptors (Lipinski definition) is 2. The second-order valence-corrected chi connectivity index (χ2v) is 1.99. The molecule has 3 nitrogen and oxygen atoms in total. The van der Waals surface area contributed by atoms with Crippen molar-refractivity contribution >= 4 is 5.91 Å². The summed E-state index contributed by atoms with van der Waals surface area (Å²) in [7, 11) is 0. The lowest BCUT2D eigenvalue weighted by Crippen LogP contribution is -2.30. The van der Waals surface area contributed by atoms with Gasteiger partial charge < -0.3 is 0 Å². The number of nitrogens with one attached hydrogen (secondary N) is 1. The Bertz CT molecular complexity index is 184. The summed E-state index contributed by atoms with van der Waals surface area (Å²) in [5, 5.41) is 0. The molecule has 0 atom stereocenters. The van der Waals surface area contributed by atoms with Crippen molar-refractivity contribution in [3.8, 4) is 0 Å². The van der Waals surface area contributed by atoms with Gasteiger partial charge in [0.15, 0.2) is 0 Å². The van der Waals surface area contributed by atoms with Crippen LogP contribution in [-0.4, -0.2) is 5.91 Å². The van der Waals surface area contributed by atoms with E-state index in [1.165, 1.54) is 0 Å². The van der Waals surface area contributed by atoms with Crippen LogP contribution in [0.3, 0.4) is 0 Å². The summed E-state index contributed by atoms with van der Waals surface area (Å²) in [6.45, 7) is 15.0. The van der Waals surface area contributed by atoms with Gasteiger partial charge in [0.1, 0.15) is 0 Å². The third kappa shape index (κ3) is 9.00. The Hall–Kier alpha value is -1.09. The van der Waals surface area contributed by atoms with Gasteiger partial charge in [0.05, 0.1) is 0 Å². The molecule has 0 aliphatic heterocycles. The summed E-state index contributed by atoms with van der Waals surface area (Å²) in [4.78, 5) is 10.8. The second kappa shape index (κ2) is 14.4. The monoisotopic (exact) mass is 200 g/mol. The Morgan fingerprint density at radius 1 is 1.21 bits per heavy atom. The lowest BCUT2D eigenvalue weighted by molar-refractivity contribution is -0.117. The molecule has 0 aliphatic rings. The number of amides is 1. The standard InChI is InChI=1S/C7H12N2O.2C2H6/c1-4-5(2)6(3)7(10)9-8;2*1-2/h4H,1,8H2,2-3H3,(H,9,10);2*1-2H3. The van der Waals surface area contributed by atoms with E-state index in [1.807, 2.05) is 33.1 Å². The van der Waals surface area contributed by atoms with Crippen molar-refractivity contribution in [2.24, 2.45) is 5.84 Å². The third-order valence-corrected chi connectivity index (χ3v) is 1.37. The molecule has 0 rings (SSSR count). The lowest BCUT2D eigenvalue weighted by Gasteiger charge is -2.00. The van der Waals surface area contributed by atoms with Crippen LogP contribution >= 0.6 is 0 Å². The molecule has 3 N–H and O–H groups in total. The maximum atomic E-state index is 10.8. The molecule has 0 radical (unpaired) electrons. The Balaban J connectivity index is -0.000000266. The number of carbonyl (C=O) groups is 1. The van der Waals surface area contributed by atoms with E-state index in [0.717, 1.165) is 5.57 Å². The van der Waals surface area contributed by atoms with Gasteiger partial charge in [-0.25, -0.2) is 5.84 Å². The van der Waals surface area contributed by atoms with Gasteiger partial charge in [-0.3, -0.25) is 10.2 Å². The molecule has 0 heterocycles. The highest BCUT2D eigenvalue weighted by Gasteiger charge is 2.01. The minimum absolute atomic E-state index is 0.266. The van der Waals surface area contributed by atoms with Crippen LogP contribution in [0.4, 0.5) is 0 Å². The first-order valence-corrected chi connectivity index (χ1v) is 4.94. The Morgan fingerprint density at radius 2 is 1.57 bits per heavy atom. The molecule has 1 amide bonds. The molecule has 3 heteroatoms. The Kier molecular flexibility index (Phi) is 19.2. The molecule has 0 spiro atoms. The molecule has 0 fully saturated rings. The van der Waals surface area contributed by atoms with Crippen LogP contribution in [0.5, 0.6) is 0 Å². The first kappa shape index (κ1) is 18.6. The van der Waals surface area contributed by atoms with Crippen LogP contribution in [-0.2, 0) is 4.79 Å². The van der Waals surface area contributed by atoms with E-state index in [4.69, 9.17) is 5.84 Å². The van der Waals surface area contributed by atoms with E-state index < -0.39 is 0 Å². The average Bonchev–Trinajstić information content (AvgIpc) is 2.31. The van der Waals surface area contributed by atoms with Crippen LogP contribution in [0, 0.1) is 0 Å². The van der Waals surface area contributed by atoms with Crippen LogP contribution in [0.1, 0.15) is 41.5 Å². The number of hydrogen-bond donors (Lipinski definition) is 2. The topological polar surface area (TPSA) is 55.1 Å². The van der Waals surface area contributed by atoms with Crippen LogP contribution in [0.25, 0.3) is 0 Å². The number of allylic oxidation sites excluding steroid dienone is 2. The summed E-state index contributed by atoms with van der Waals surface area (Å²) in [6.07, 6.45) is 1.62. The fourth-order valence-electron chi connectivity index (χ4n) is 0.440. The minimum Gasteiger partial charge on any atom is -0.290 e. The van der Waals surface area contributed by atoms with Crippen molar-refractivity contribution < 1.29 is 4.79 Å². The quantitative estimate of drug-likeness (QED) is 0.237. The number of hydrazine groups is 1. The fourth-order valence-corrected chi connectivity index (χ4v) is 0.440. The molecule has 0 aliphatic carbocycles. The van der Waals surface area contributed by atoms with Crippen LogP contribution in [0.15, 0.2) is 23.8 Å². The summed E-state index contributed by atoms with van der Waals surface area (Å²) in [5.41, 5.74) is 3.47.